The molecule has 0 aliphatic carbocycles. The summed E-state index contributed by atoms with van der Waals surface area (Å²) in [4.78, 5) is 24.0. The van der Waals surface area contributed by atoms with Gasteiger partial charge in [-0.05, 0) is 43.2 Å². The van der Waals surface area contributed by atoms with Gasteiger partial charge in [-0.1, -0.05) is 12.1 Å². The summed E-state index contributed by atoms with van der Waals surface area (Å²) in [5.74, 6) is -2.18. The Morgan fingerprint density at radius 2 is 1.68 bits per heavy atom. The molecular weight excluding hydrogens is 372 g/mol. The normalized spacial score (nSPS) is 11.5. The van der Waals surface area contributed by atoms with Crippen LogP contribution in [0.15, 0.2) is 36.4 Å². The van der Waals surface area contributed by atoms with Crippen molar-refractivity contribution in [3.8, 4) is 11.5 Å². The summed E-state index contributed by atoms with van der Waals surface area (Å²) >= 11 is 0. The Balaban J connectivity index is 1.89. The van der Waals surface area contributed by atoms with Gasteiger partial charge in [0.1, 0.15) is 17.3 Å². The molecule has 6 nitrogen and oxygen atoms in total. The van der Waals surface area contributed by atoms with Crippen LogP contribution in [-0.2, 0) is 20.7 Å². The van der Waals surface area contributed by atoms with Crippen LogP contribution in [0.5, 0.6) is 11.5 Å². The highest BCUT2D eigenvalue weighted by atomic mass is 19.1. The first-order valence-electron chi connectivity index (χ1n) is 8.51. The minimum absolute atomic E-state index is 0.0150. The number of carbonyl (C=O) groups is 2. The van der Waals surface area contributed by atoms with Gasteiger partial charge in [0.15, 0.2) is 17.6 Å². The van der Waals surface area contributed by atoms with Gasteiger partial charge in [-0.25, -0.2) is 8.78 Å². The number of carbonyl (C=O) groups excluding carboxylic acids is 2. The fourth-order valence-corrected chi connectivity index (χ4v) is 2.43. The Morgan fingerprint density at radius 1 is 1.04 bits per heavy atom. The van der Waals surface area contributed by atoms with E-state index in [9.17, 15) is 18.4 Å². The lowest BCUT2D eigenvalue weighted by atomic mass is 10.1. The van der Waals surface area contributed by atoms with Crippen LogP contribution >= 0.6 is 0 Å². The lowest BCUT2D eigenvalue weighted by molar-refractivity contribution is -0.153. The van der Waals surface area contributed by atoms with E-state index in [1.165, 1.54) is 27.2 Å². The molecule has 2 aromatic carbocycles. The predicted octanol–water partition coefficient (Wildman–Crippen LogP) is 3.49. The average Bonchev–Trinajstić information content (AvgIpc) is 2.68. The maximum Gasteiger partial charge on any atom is 0.306 e. The van der Waals surface area contributed by atoms with Crippen LogP contribution in [-0.4, -0.2) is 32.2 Å². The third-order valence-corrected chi connectivity index (χ3v) is 3.95. The molecule has 0 aliphatic heterocycles. The molecule has 8 heteroatoms. The first-order chi connectivity index (χ1) is 13.3. The number of amides is 1. The van der Waals surface area contributed by atoms with Crippen LogP contribution in [0.25, 0.3) is 0 Å². The Morgan fingerprint density at radius 3 is 2.29 bits per heavy atom. The van der Waals surface area contributed by atoms with Crippen LogP contribution in [0.4, 0.5) is 14.5 Å². The van der Waals surface area contributed by atoms with Crippen molar-refractivity contribution >= 4 is 17.6 Å². The summed E-state index contributed by atoms with van der Waals surface area (Å²) < 4.78 is 42.5. The van der Waals surface area contributed by atoms with Crippen LogP contribution in [0.2, 0.25) is 0 Å². The summed E-state index contributed by atoms with van der Waals surface area (Å²) in [5, 5.41) is 2.09. The number of hydrogen-bond donors (Lipinski definition) is 1. The number of esters is 1. The van der Waals surface area contributed by atoms with E-state index < -0.39 is 35.3 Å². The minimum atomic E-state index is -1.21. The summed E-state index contributed by atoms with van der Waals surface area (Å²) in [6.07, 6.45) is -0.840. The average molecular weight is 393 g/mol. The summed E-state index contributed by atoms with van der Waals surface area (Å²) in [7, 11) is 3.03. The van der Waals surface area contributed by atoms with Crippen molar-refractivity contribution in [3.63, 3.8) is 0 Å². The molecule has 0 saturated carbocycles. The molecular formula is C20H21F2NO5. The Bertz CT molecular complexity index is 836. The number of methoxy groups -OCH3 is 2. The SMILES string of the molecule is COc1ccc(CCC(=O)OC(C)C(=O)Nc2c(F)cccc2F)cc1OC. The molecule has 1 atom stereocenters. The van der Waals surface area contributed by atoms with Crippen LogP contribution in [0, 0.1) is 11.6 Å². The fraction of sp³-hybridized carbons (Fsp3) is 0.300. The summed E-state index contributed by atoms with van der Waals surface area (Å²) in [6, 6.07) is 8.45. The molecule has 0 saturated heterocycles. The molecule has 0 aliphatic rings. The van der Waals surface area contributed by atoms with E-state index in [1.807, 2.05) is 0 Å². The van der Waals surface area contributed by atoms with E-state index in [1.54, 1.807) is 18.2 Å². The van der Waals surface area contributed by atoms with Gasteiger partial charge >= 0.3 is 5.97 Å². The number of aryl methyl sites for hydroxylation is 1. The first-order valence-corrected chi connectivity index (χ1v) is 8.51. The second-order valence-corrected chi connectivity index (χ2v) is 5.91. The van der Waals surface area contributed by atoms with Crippen molar-refractivity contribution in [1.29, 1.82) is 0 Å². The smallest absolute Gasteiger partial charge is 0.306 e. The van der Waals surface area contributed by atoms with Gasteiger partial charge in [0.2, 0.25) is 0 Å². The maximum atomic E-state index is 13.6. The van der Waals surface area contributed by atoms with Crippen molar-refractivity contribution < 1.29 is 32.6 Å². The van der Waals surface area contributed by atoms with E-state index in [4.69, 9.17) is 14.2 Å². The number of hydrogen-bond acceptors (Lipinski definition) is 5. The quantitative estimate of drug-likeness (QED) is 0.695. The van der Waals surface area contributed by atoms with E-state index in [-0.39, 0.29) is 6.42 Å². The fourth-order valence-electron chi connectivity index (χ4n) is 2.43. The maximum absolute atomic E-state index is 13.6. The minimum Gasteiger partial charge on any atom is -0.493 e. The predicted molar refractivity (Wildman–Crippen MR) is 98.4 cm³/mol. The first kappa shape index (κ1) is 21.1. The Labute approximate surface area is 161 Å². The van der Waals surface area contributed by atoms with Crippen LogP contribution < -0.4 is 14.8 Å². The van der Waals surface area contributed by atoms with Gasteiger partial charge in [0.05, 0.1) is 14.2 Å². The summed E-state index contributed by atoms with van der Waals surface area (Å²) in [5.41, 5.74) is 0.237. The van der Waals surface area contributed by atoms with Crippen molar-refractivity contribution in [2.45, 2.75) is 25.9 Å². The third-order valence-electron chi connectivity index (χ3n) is 3.95. The highest BCUT2D eigenvalue weighted by molar-refractivity contribution is 5.95. The zero-order valence-corrected chi connectivity index (χ0v) is 15.8. The summed E-state index contributed by atoms with van der Waals surface area (Å²) in [6.45, 7) is 1.32. The van der Waals surface area contributed by atoms with E-state index in [0.717, 1.165) is 17.7 Å². The second kappa shape index (κ2) is 9.68. The number of ether oxygens (including phenoxy) is 3. The number of benzene rings is 2. The lowest BCUT2D eigenvalue weighted by Crippen LogP contribution is -2.30. The van der Waals surface area contributed by atoms with Crippen LogP contribution in [0.3, 0.4) is 0 Å². The zero-order valence-electron chi connectivity index (χ0n) is 15.8. The monoisotopic (exact) mass is 393 g/mol. The number of anilines is 1. The topological polar surface area (TPSA) is 73.9 Å². The van der Waals surface area contributed by atoms with E-state index >= 15 is 0 Å². The number of rotatable bonds is 8. The standard InChI is InChI=1S/C20H21F2NO5/c1-12(20(25)23-19-14(21)5-4-6-15(19)22)28-18(24)10-8-13-7-9-16(26-2)17(11-13)27-3/h4-7,9,11-12H,8,10H2,1-3H3,(H,23,25). The van der Waals surface area contributed by atoms with Gasteiger partial charge in [-0.15, -0.1) is 0 Å². The van der Waals surface area contributed by atoms with Gasteiger partial charge in [0.25, 0.3) is 5.91 Å². The molecule has 28 heavy (non-hydrogen) atoms. The molecule has 1 N–H and O–H groups in total. The molecule has 2 aromatic rings. The molecule has 0 fully saturated rings. The highest BCUT2D eigenvalue weighted by Gasteiger charge is 2.20. The van der Waals surface area contributed by atoms with E-state index in [2.05, 4.69) is 5.32 Å². The van der Waals surface area contributed by atoms with Crippen molar-refractivity contribution in [1.82, 2.24) is 0 Å². The van der Waals surface area contributed by atoms with Gasteiger partial charge < -0.3 is 19.5 Å². The molecule has 0 aromatic heterocycles. The Hall–Kier alpha value is -3.16. The van der Waals surface area contributed by atoms with E-state index in [0.29, 0.717) is 17.9 Å². The van der Waals surface area contributed by atoms with Gasteiger partial charge in [0, 0.05) is 6.42 Å². The van der Waals surface area contributed by atoms with Gasteiger partial charge in [-0.3, -0.25) is 9.59 Å². The molecule has 1 unspecified atom stereocenters. The van der Waals surface area contributed by atoms with Crippen molar-refractivity contribution in [3.05, 3.63) is 53.6 Å². The molecule has 150 valence electrons. The third kappa shape index (κ3) is 5.42. The lowest BCUT2D eigenvalue weighted by Gasteiger charge is -2.14. The Kier molecular flexibility index (Phi) is 7.31. The number of halogens is 2. The molecule has 0 bridgehead atoms. The number of nitrogens with one attached hydrogen (secondary N) is 1. The zero-order chi connectivity index (χ0) is 20.7. The van der Waals surface area contributed by atoms with Crippen molar-refractivity contribution in [2.24, 2.45) is 0 Å². The highest BCUT2D eigenvalue weighted by Crippen LogP contribution is 2.28. The number of para-hydroxylation sites is 1. The second-order valence-electron chi connectivity index (χ2n) is 5.91. The van der Waals surface area contributed by atoms with Crippen molar-refractivity contribution in [2.75, 3.05) is 19.5 Å². The molecule has 0 radical (unpaired) electrons. The van der Waals surface area contributed by atoms with Crippen LogP contribution in [0.1, 0.15) is 18.9 Å². The molecule has 0 heterocycles. The largest absolute Gasteiger partial charge is 0.493 e. The van der Waals surface area contributed by atoms with Gasteiger partial charge in [-0.2, -0.15) is 0 Å². The molecule has 0 spiro atoms. The molecule has 2 rings (SSSR count). The molecule has 1 amide bonds.